The normalized spacial score (nSPS) is 30.3. The van der Waals surface area contributed by atoms with Gasteiger partial charge in [0.25, 0.3) is 0 Å². The number of hydrogen-bond donors (Lipinski definition) is 0. The van der Waals surface area contributed by atoms with E-state index in [1.165, 1.54) is 38.2 Å². The molecule has 4 heteroatoms. The molecule has 1 aromatic rings. The van der Waals surface area contributed by atoms with Gasteiger partial charge in [-0.25, -0.2) is 9.97 Å². The molecule has 2 bridgehead atoms. The molecule has 0 spiro atoms. The number of piperidine rings is 1. The monoisotopic (exact) mass is 204 g/mol. The Labute approximate surface area is 89.9 Å². The minimum absolute atomic E-state index is 0.679. The van der Waals surface area contributed by atoms with Gasteiger partial charge in [-0.3, -0.25) is 4.90 Å². The Kier molecular flexibility index (Phi) is 2.29. The van der Waals surface area contributed by atoms with Crippen molar-refractivity contribution in [1.82, 2.24) is 14.9 Å². The maximum Gasteiger partial charge on any atom is 0.115 e. The average molecular weight is 204 g/mol. The third-order valence-electron chi connectivity index (χ3n) is 3.46. The Morgan fingerprint density at radius 1 is 1.13 bits per heavy atom. The number of hydrogen-bond acceptors (Lipinski definition) is 4. The van der Waals surface area contributed by atoms with Crippen LogP contribution in [-0.4, -0.2) is 47.1 Å². The van der Waals surface area contributed by atoms with E-state index in [1.807, 2.05) is 12.4 Å². The van der Waals surface area contributed by atoms with Gasteiger partial charge in [0.15, 0.2) is 0 Å². The fourth-order valence-corrected chi connectivity index (χ4v) is 2.70. The number of rotatable bonds is 1. The summed E-state index contributed by atoms with van der Waals surface area (Å²) < 4.78 is 0. The SMILES string of the molecule is c1ncc(N2CCN3CCCC2C3)cn1. The first-order chi connectivity index (χ1) is 7.43. The van der Waals surface area contributed by atoms with E-state index >= 15 is 0 Å². The van der Waals surface area contributed by atoms with Crippen LogP contribution in [0.15, 0.2) is 18.7 Å². The van der Waals surface area contributed by atoms with Crippen LogP contribution >= 0.6 is 0 Å². The first-order valence-corrected chi connectivity index (χ1v) is 5.67. The molecule has 2 unspecified atom stereocenters. The van der Waals surface area contributed by atoms with Gasteiger partial charge in [0.1, 0.15) is 6.33 Å². The predicted molar refractivity (Wildman–Crippen MR) is 58.8 cm³/mol. The van der Waals surface area contributed by atoms with Crippen molar-refractivity contribution in [2.24, 2.45) is 0 Å². The summed E-state index contributed by atoms with van der Waals surface area (Å²) >= 11 is 0. The molecule has 15 heavy (non-hydrogen) atoms. The van der Waals surface area contributed by atoms with Crippen molar-refractivity contribution in [3.05, 3.63) is 18.7 Å². The summed E-state index contributed by atoms with van der Waals surface area (Å²) in [6, 6.07) is 0.679. The highest BCUT2D eigenvalue weighted by atomic mass is 15.3. The van der Waals surface area contributed by atoms with E-state index in [9.17, 15) is 0 Å². The van der Waals surface area contributed by atoms with E-state index in [-0.39, 0.29) is 0 Å². The van der Waals surface area contributed by atoms with E-state index in [0.717, 1.165) is 6.54 Å². The van der Waals surface area contributed by atoms with Gasteiger partial charge in [-0.05, 0) is 19.4 Å². The molecule has 2 atom stereocenters. The Balaban J connectivity index is 1.81. The van der Waals surface area contributed by atoms with Gasteiger partial charge in [-0.15, -0.1) is 0 Å². The summed E-state index contributed by atoms with van der Waals surface area (Å²) in [6.07, 6.45) is 8.09. The number of piperazine rings is 1. The second-order valence-corrected chi connectivity index (χ2v) is 4.39. The molecule has 2 saturated heterocycles. The molecule has 1 aromatic heterocycles. The van der Waals surface area contributed by atoms with Gasteiger partial charge in [-0.1, -0.05) is 0 Å². The molecule has 0 saturated carbocycles. The summed E-state index contributed by atoms with van der Waals surface area (Å²) in [4.78, 5) is 13.2. The standard InChI is InChI=1S/C11H16N4/c1-2-10-8-14(3-1)4-5-15(10)11-6-12-9-13-7-11/h6-7,9-10H,1-5,8H2. The fourth-order valence-electron chi connectivity index (χ4n) is 2.70. The molecule has 2 aliphatic heterocycles. The van der Waals surface area contributed by atoms with Crippen LogP contribution in [0, 0.1) is 0 Å². The quantitative estimate of drug-likeness (QED) is 0.676. The van der Waals surface area contributed by atoms with Gasteiger partial charge in [0.2, 0.25) is 0 Å². The molecule has 80 valence electrons. The molecule has 3 rings (SSSR count). The van der Waals surface area contributed by atoms with E-state index < -0.39 is 0 Å². The lowest BCUT2D eigenvalue weighted by molar-refractivity contribution is 0.174. The highest BCUT2D eigenvalue weighted by molar-refractivity contribution is 5.43. The van der Waals surface area contributed by atoms with Crippen molar-refractivity contribution < 1.29 is 0 Å². The van der Waals surface area contributed by atoms with Crippen LogP contribution in [0.25, 0.3) is 0 Å². The van der Waals surface area contributed by atoms with Crippen molar-refractivity contribution in [3.63, 3.8) is 0 Å². The van der Waals surface area contributed by atoms with Crippen LogP contribution in [-0.2, 0) is 0 Å². The molecule has 0 aliphatic carbocycles. The third kappa shape index (κ3) is 1.69. The van der Waals surface area contributed by atoms with Crippen molar-refractivity contribution in [3.8, 4) is 0 Å². The molecule has 3 heterocycles. The Morgan fingerprint density at radius 2 is 2.00 bits per heavy atom. The van der Waals surface area contributed by atoms with E-state index in [4.69, 9.17) is 0 Å². The average Bonchev–Trinajstić information content (AvgIpc) is 2.31. The van der Waals surface area contributed by atoms with E-state index in [0.29, 0.717) is 6.04 Å². The first kappa shape index (κ1) is 9.09. The maximum absolute atomic E-state index is 4.10. The van der Waals surface area contributed by atoms with Gasteiger partial charge in [0, 0.05) is 25.7 Å². The summed E-state index contributed by atoms with van der Waals surface area (Å²) in [7, 11) is 0. The van der Waals surface area contributed by atoms with Crippen LogP contribution in [0.2, 0.25) is 0 Å². The first-order valence-electron chi connectivity index (χ1n) is 5.67. The van der Waals surface area contributed by atoms with Crippen LogP contribution in [0.3, 0.4) is 0 Å². The minimum Gasteiger partial charge on any atom is -0.363 e. The zero-order chi connectivity index (χ0) is 10.1. The Bertz CT molecular complexity index is 327. The molecule has 0 radical (unpaired) electrons. The molecule has 2 aliphatic rings. The topological polar surface area (TPSA) is 32.3 Å². The highest BCUT2D eigenvalue weighted by Gasteiger charge is 2.30. The highest BCUT2D eigenvalue weighted by Crippen LogP contribution is 2.24. The number of aromatic nitrogens is 2. The molecule has 0 amide bonds. The Hall–Kier alpha value is -1.16. The number of nitrogens with zero attached hydrogens (tertiary/aromatic N) is 4. The fraction of sp³-hybridized carbons (Fsp3) is 0.636. The summed E-state index contributed by atoms with van der Waals surface area (Å²) in [5, 5.41) is 0. The van der Waals surface area contributed by atoms with Gasteiger partial charge >= 0.3 is 0 Å². The largest absolute Gasteiger partial charge is 0.363 e. The van der Waals surface area contributed by atoms with Gasteiger partial charge < -0.3 is 4.90 Å². The predicted octanol–water partition coefficient (Wildman–Crippen LogP) is 0.761. The summed E-state index contributed by atoms with van der Waals surface area (Å²) in [6.45, 7) is 4.81. The summed E-state index contributed by atoms with van der Waals surface area (Å²) in [5.74, 6) is 0. The van der Waals surface area contributed by atoms with Crippen LogP contribution in [0.5, 0.6) is 0 Å². The minimum atomic E-state index is 0.679. The Morgan fingerprint density at radius 3 is 2.87 bits per heavy atom. The van der Waals surface area contributed by atoms with Crippen molar-refractivity contribution in [2.75, 3.05) is 31.1 Å². The van der Waals surface area contributed by atoms with Crippen LogP contribution in [0.4, 0.5) is 5.69 Å². The molecule has 4 nitrogen and oxygen atoms in total. The van der Waals surface area contributed by atoms with Crippen LogP contribution in [0.1, 0.15) is 12.8 Å². The molecule has 0 N–H and O–H groups in total. The molecule has 0 aromatic carbocycles. The molecule has 2 fully saturated rings. The summed E-state index contributed by atoms with van der Waals surface area (Å²) in [5.41, 5.74) is 1.18. The zero-order valence-corrected chi connectivity index (χ0v) is 8.84. The number of anilines is 1. The third-order valence-corrected chi connectivity index (χ3v) is 3.46. The molecular formula is C11H16N4. The van der Waals surface area contributed by atoms with Crippen LogP contribution < -0.4 is 4.90 Å². The van der Waals surface area contributed by atoms with Crippen molar-refractivity contribution >= 4 is 5.69 Å². The van der Waals surface area contributed by atoms with Gasteiger partial charge in [-0.2, -0.15) is 0 Å². The van der Waals surface area contributed by atoms with Crippen molar-refractivity contribution in [2.45, 2.75) is 18.9 Å². The maximum atomic E-state index is 4.10. The number of fused-ring (bicyclic) bond motifs is 2. The second kappa shape index (κ2) is 3.77. The smallest absolute Gasteiger partial charge is 0.115 e. The van der Waals surface area contributed by atoms with E-state index in [1.54, 1.807) is 6.33 Å². The van der Waals surface area contributed by atoms with E-state index in [2.05, 4.69) is 19.8 Å². The van der Waals surface area contributed by atoms with Crippen molar-refractivity contribution in [1.29, 1.82) is 0 Å². The zero-order valence-electron chi connectivity index (χ0n) is 8.84. The lowest BCUT2D eigenvalue weighted by atomic mass is 10.0. The second-order valence-electron chi connectivity index (χ2n) is 4.39. The lowest BCUT2D eigenvalue weighted by Gasteiger charge is -2.45. The molecular weight excluding hydrogens is 188 g/mol. The lowest BCUT2D eigenvalue weighted by Crippen LogP contribution is -2.56. The van der Waals surface area contributed by atoms with Gasteiger partial charge in [0.05, 0.1) is 18.1 Å².